The first-order valence-corrected chi connectivity index (χ1v) is 7.22. The van der Waals surface area contributed by atoms with Gasteiger partial charge in [-0.05, 0) is 32.6 Å². The highest BCUT2D eigenvalue weighted by molar-refractivity contribution is 6.30. The number of nitrogens with two attached hydrogens (primary N) is 1. The average Bonchev–Trinajstić information content (AvgIpc) is 2.43. The van der Waals surface area contributed by atoms with Crippen molar-refractivity contribution >= 4 is 23.1 Å². The van der Waals surface area contributed by atoms with Gasteiger partial charge in [-0.2, -0.15) is 0 Å². The lowest BCUT2D eigenvalue weighted by Crippen LogP contribution is -2.41. The number of hydrogen-bond acceptors (Lipinski definition) is 5. The summed E-state index contributed by atoms with van der Waals surface area (Å²) in [4.78, 5) is 17.0. The fraction of sp³-hybridized carbons (Fsp3) is 0.615. The molecule has 1 saturated carbocycles. The van der Waals surface area contributed by atoms with Crippen LogP contribution in [-0.2, 0) is 0 Å². The van der Waals surface area contributed by atoms with E-state index >= 15 is 0 Å². The summed E-state index contributed by atoms with van der Waals surface area (Å²) in [7, 11) is 0. The fourth-order valence-corrected chi connectivity index (χ4v) is 2.92. The van der Waals surface area contributed by atoms with E-state index in [0.717, 1.165) is 25.7 Å². The number of nitrogens with zero attached hydrogens (tertiary/aromatic N) is 3. The van der Waals surface area contributed by atoms with Gasteiger partial charge in [0, 0.05) is 30.9 Å². The maximum Gasteiger partial charge on any atom is 0.313 e. The Kier molecular flexibility index (Phi) is 4.77. The Hall–Kier alpha value is -1.40. The molecule has 1 aromatic heterocycles. The van der Waals surface area contributed by atoms with Crippen molar-refractivity contribution in [2.45, 2.75) is 44.7 Å². The van der Waals surface area contributed by atoms with Crippen molar-refractivity contribution in [3.05, 3.63) is 27.4 Å². The van der Waals surface area contributed by atoms with Crippen molar-refractivity contribution in [2.24, 2.45) is 5.73 Å². The van der Waals surface area contributed by atoms with Crippen LogP contribution in [0.1, 0.15) is 32.6 Å². The molecule has 0 atom stereocenters. The van der Waals surface area contributed by atoms with E-state index in [0.29, 0.717) is 12.4 Å². The molecule has 0 aliphatic heterocycles. The molecule has 110 valence electrons. The quantitative estimate of drug-likeness (QED) is 0.682. The first-order valence-electron chi connectivity index (χ1n) is 6.85. The van der Waals surface area contributed by atoms with E-state index in [9.17, 15) is 10.1 Å². The minimum atomic E-state index is -0.425. The van der Waals surface area contributed by atoms with Crippen molar-refractivity contribution in [1.82, 2.24) is 4.98 Å². The Balaban J connectivity index is 2.29. The van der Waals surface area contributed by atoms with Crippen LogP contribution in [0.15, 0.2) is 12.3 Å². The minimum absolute atomic E-state index is 0.0331. The average molecular weight is 299 g/mol. The van der Waals surface area contributed by atoms with Gasteiger partial charge in [-0.25, -0.2) is 4.98 Å². The Labute approximate surface area is 123 Å². The monoisotopic (exact) mass is 298 g/mol. The Bertz CT molecular complexity index is 489. The summed E-state index contributed by atoms with van der Waals surface area (Å²) in [5.74, 6) is 0.405. The second-order valence-electron chi connectivity index (χ2n) is 5.11. The zero-order chi connectivity index (χ0) is 14.7. The second kappa shape index (κ2) is 6.37. The third-order valence-corrected chi connectivity index (χ3v) is 4.01. The van der Waals surface area contributed by atoms with Gasteiger partial charge in [0.1, 0.15) is 0 Å². The highest BCUT2D eigenvalue weighted by Crippen LogP contribution is 2.33. The van der Waals surface area contributed by atoms with E-state index in [-0.39, 0.29) is 22.8 Å². The molecule has 2 rings (SSSR count). The molecular formula is C13H19ClN4O2. The normalized spacial score (nSPS) is 22.6. The summed E-state index contributed by atoms with van der Waals surface area (Å²) in [6.45, 7) is 2.66. The molecule has 0 amide bonds. The molecule has 0 saturated heterocycles. The van der Waals surface area contributed by atoms with Crippen LogP contribution >= 0.6 is 11.6 Å². The lowest BCUT2D eigenvalue weighted by atomic mass is 9.90. The zero-order valence-corrected chi connectivity index (χ0v) is 12.2. The highest BCUT2D eigenvalue weighted by atomic mass is 35.5. The molecule has 20 heavy (non-hydrogen) atoms. The first kappa shape index (κ1) is 15.0. The molecule has 2 N–H and O–H groups in total. The molecule has 1 fully saturated rings. The number of anilines is 1. The Morgan fingerprint density at radius 3 is 2.70 bits per heavy atom. The van der Waals surface area contributed by atoms with Crippen LogP contribution in [0.2, 0.25) is 5.02 Å². The van der Waals surface area contributed by atoms with E-state index in [2.05, 4.69) is 4.98 Å². The third kappa shape index (κ3) is 3.19. The van der Waals surface area contributed by atoms with Crippen molar-refractivity contribution in [1.29, 1.82) is 0 Å². The van der Waals surface area contributed by atoms with Crippen LogP contribution < -0.4 is 10.6 Å². The number of aromatic nitrogens is 1. The summed E-state index contributed by atoms with van der Waals surface area (Å²) in [6.07, 6.45) is 5.24. The van der Waals surface area contributed by atoms with Gasteiger partial charge in [-0.1, -0.05) is 11.6 Å². The number of nitro groups is 1. The van der Waals surface area contributed by atoms with Gasteiger partial charge in [0.2, 0.25) is 5.82 Å². The van der Waals surface area contributed by atoms with Crippen molar-refractivity contribution in [3.63, 3.8) is 0 Å². The van der Waals surface area contributed by atoms with E-state index in [1.54, 1.807) is 0 Å². The number of halogens is 1. The molecule has 1 heterocycles. The standard InChI is InChI=1S/C13H19ClN4O2/c1-2-17(11-5-3-10(15)4-6-11)13-12(18(19)20)7-9(14)8-16-13/h7-8,10-11H,2-6,15H2,1H3. The topological polar surface area (TPSA) is 85.3 Å². The van der Waals surface area contributed by atoms with Crippen LogP contribution in [0.3, 0.4) is 0 Å². The smallest absolute Gasteiger partial charge is 0.313 e. The number of hydrogen-bond donors (Lipinski definition) is 1. The summed E-state index contributed by atoms with van der Waals surface area (Å²) in [6, 6.07) is 1.87. The van der Waals surface area contributed by atoms with Crippen LogP contribution in [0.25, 0.3) is 0 Å². The van der Waals surface area contributed by atoms with Crippen LogP contribution in [0.4, 0.5) is 11.5 Å². The SMILES string of the molecule is CCN(c1ncc(Cl)cc1[N+](=O)[O-])C1CCC(N)CC1. The maximum absolute atomic E-state index is 11.2. The van der Waals surface area contributed by atoms with Crippen LogP contribution in [0.5, 0.6) is 0 Å². The van der Waals surface area contributed by atoms with Crippen molar-refractivity contribution in [3.8, 4) is 0 Å². The fourth-order valence-electron chi connectivity index (χ4n) is 2.77. The summed E-state index contributed by atoms with van der Waals surface area (Å²) < 4.78 is 0. The van der Waals surface area contributed by atoms with Gasteiger partial charge < -0.3 is 10.6 Å². The van der Waals surface area contributed by atoms with Crippen molar-refractivity contribution < 1.29 is 4.92 Å². The number of pyridine rings is 1. The molecule has 7 heteroatoms. The lowest BCUT2D eigenvalue weighted by molar-refractivity contribution is -0.384. The Morgan fingerprint density at radius 1 is 1.50 bits per heavy atom. The van der Waals surface area contributed by atoms with E-state index in [1.807, 2.05) is 11.8 Å². The van der Waals surface area contributed by atoms with E-state index in [1.165, 1.54) is 12.3 Å². The predicted molar refractivity (Wildman–Crippen MR) is 79.2 cm³/mol. The van der Waals surface area contributed by atoms with Gasteiger partial charge >= 0.3 is 5.69 Å². The largest absolute Gasteiger partial charge is 0.348 e. The van der Waals surface area contributed by atoms with Gasteiger partial charge in [-0.15, -0.1) is 0 Å². The van der Waals surface area contributed by atoms with Gasteiger partial charge in [0.05, 0.1) is 9.95 Å². The molecule has 1 aromatic rings. The predicted octanol–water partition coefficient (Wildman–Crippen LogP) is 2.74. The van der Waals surface area contributed by atoms with Gasteiger partial charge in [-0.3, -0.25) is 10.1 Å². The highest BCUT2D eigenvalue weighted by Gasteiger charge is 2.29. The summed E-state index contributed by atoms with van der Waals surface area (Å²) in [5.41, 5.74) is 5.88. The summed E-state index contributed by atoms with van der Waals surface area (Å²) >= 11 is 5.81. The molecule has 1 aliphatic carbocycles. The van der Waals surface area contributed by atoms with Gasteiger partial charge in [0.25, 0.3) is 0 Å². The van der Waals surface area contributed by atoms with Crippen molar-refractivity contribution in [2.75, 3.05) is 11.4 Å². The first-order chi connectivity index (χ1) is 9.52. The zero-order valence-electron chi connectivity index (χ0n) is 11.5. The summed E-state index contributed by atoms with van der Waals surface area (Å²) in [5, 5.41) is 11.5. The van der Waals surface area contributed by atoms with Gasteiger partial charge in [0.15, 0.2) is 0 Å². The minimum Gasteiger partial charge on any atom is -0.348 e. The molecular weight excluding hydrogens is 280 g/mol. The van der Waals surface area contributed by atoms with Crippen LogP contribution in [0, 0.1) is 10.1 Å². The third-order valence-electron chi connectivity index (χ3n) is 3.81. The Morgan fingerprint density at radius 2 is 2.15 bits per heavy atom. The van der Waals surface area contributed by atoms with Crippen LogP contribution in [-0.4, -0.2) is 28.5 Å². The molecule has 0 aromatic carbocycles. The molecule has 0 radical (unpaired) electrons. The molecule has 0 spiro atoms. The second-order valence-corrected chi connectivity index (χ2v) is 5.54. The molecule has 0 bridgehead atoms. The molecule has 6 nitrogen and oxygen atoms in total. The molecule has 1 aliphatic rings. The number of rotatable bonds is 4. The molecule has 0 unspecified atom stereocenters. The lowest BCUT2D eigenvalue weighted by Gasteiger charge is -2.35. The van der Waals surface area contributed by atoms with E-state index < -0.39 is 4.92 Å². The van der Waals surface area contributed by atoms with E-state index in [4.69, 9.17) is 17.3 Å². The maximum atomic E-state index is 11.2.